The van der Waals surface area contributed by atoms with Gasteiger partial charge >= 0.3 is 0 Å². The van der Waals surface area contributed by atoms with Crippen LogP contribution in [0.2, 0.25) is 5.02 Å². The Morgan fingerprint density at radius 2 is 2.20 bits per heavy atom. The third kappa shape index (κ3) is 6.21. The van der Waals surface area contributed by atoms with Crippen molar-refractivity contribution in [2.75, 3.05) is 26.8 Å². The molecule has 1 rings (SSSR count). The molecule has 0 spiro atoms. The van der Waals surface area contributed by atoms with E-state index < -0.39 is 5.82 Å². The van der Waals surface area contributed by atoms with E-state index in [-0.39, 0.29) is 5.02 Å². The maximum atomic E-state index is 13.1. The maximum Gasteiger partial charge on any atom is 0.191 e. The van der Waals surface area contributed by atoms with Crippen LogP contribution < -0.4 is 10.6 Å². The van der Waals surface area contributed by atoms with Crippen LogP contribution in [0.4, 0.5) is 4.39 Å². The molecule has 0 saturated carbocycles. The van der Waals surface area contributed by atoms with Gasteiger partial charge in [-0.15, -0.1) is 0 Å². The summed E-state index contributed by atoms with van der Waals surface area (Å²) >= 11 is 5.74. The van der Waals surface area contributed by atoms with Crippen LogP contribution in [0, 0.1) is 5.82 Å². The average Bonchev–Trinajstić information content (AvgIpc) is 2.44. The molecular formula is C14H21ClFN3O. The van der Waals surface area contributed by atoms with E-state index in [1.54, 1.807) is 19.2 Å². The van der Waals surface area contributed by atoms with Crippen molar-refractivity contribution in [2.24, 2.45) is 4.99 Å². The molecule has 0 atom stereocenters. The first kappa shape index (κ1) is 16.7. The number of aliphatic imine (C=N–C) groups is 1. The van der Waals surface area contributed by atoms with Crippen LogP contribution >= 0.6 is 11.6 Å². The minimum absolute atomic E-state index is 0.121. The SMILES string of the molecule is CCNC(=NCc1ccc(F)c(Cl)c1)NCCCOC. The summed E-state index contributed by atoms with van der Waals surface area (Å²) in [5.41, 5.74) is 0.866. The van der Waals surface area contributed by atoms with Crippen molar-refractivity contribution >= 4 is 17.6 Å². The van der Waals surface area contributed by atoms with Gasteiger partial charge in [0.25, 0.3) is 0 Å². The van der Waals surface area contributed by atoms with Gasteiger partial charge in [-0.25, -0.2) is 9.38 Å². The van der Waals surface area contributed by atoms with E-state index >= 15 is 0 Å². The van der Waals surface area contributed by atoms with Gasteiger partial charge < -0.3 is 15.4 Å². The lowest BCUT2D eigenvalue weighted by atomic mass is 10.2. The van der Waals surface area contributed by atoms with E-state index in [1.165, 1.54) is 6.07 Å². The summed E-state index contributed by atoms with van der Waals surface area (Å²) in [6.45, 7) is 4.71. The van der Waals surface area contributed by atoms with E-state index in [2.05, 4.69) is 15.6 Å². The summed E-state index contributed by atoms with van der Waals surface area (Å²) in [5, 5.41) is 6.47. The van der Waals surface area contributed by atoms with Gasteiger partial charge in [0.15, 0.2) is 5.96 Å². The van der Waals surface area contributed by atoms with Crippen molar-refractivity contribution in [1.29, 1.82) is 0 Å². The molecule has 0 aliphatic carbocycles. The van der Waals surface area contributed by atoms with Crippen LogP contribution in [-0.4, -0.2) is 32.8 Å². The third-order valence-corrected chi connectivity index (χ3v) is 2.86. The van der Waals surface area contributed by atoms with Crippen LogP contribution in [-0.2, 0) is 11.3 Å². The van der Waals surface area contributed by atoms with E-state index in [1.807, 2.05) is 6.92 Å². The first-order valence-electron chi connectivity index (χ1n) is 6.62. The standard InChI is InChI=1S/C14H21ClFN3O/c1-3-17-14(18-7-4-8-20-2)19-10-11-5-6-13(16)12(15)9-11/h5-6,9H,3-4,7-8,10H2,1-2H3,(H2,17,18,19). The minimum atomic E-state index is -0.413. The van der Waals surface area contributed by atoms with Gasteiger partial charge in [0.2, 0.25) is 0 Å². The normalized spacial score (nSPS) is 11.5. The monoisotopic (exact) mass is 301 g/mol. The summed E-state index contributed by atoms with van der Waals surface area (Å²) in [6, 6.07) is 4.63. The molecule has 0 bridgehead atoms. The first-order valence-corrected chi connectivity index (χ1v) is 7.00. The number of nitrogens with zero attached hydrogens (tertiary/aromatic N) is 1. The van der Waals surface area contributed by atoms with Gasteiger partial charge in [-0.1, -0.05) is 17.7 Å². The Labute approximate surface area is 124 Å². The van der Waals surface area contributed by atoms with Crippen molar-refractivity contribution < 1.29 is 9.13 Å². The van der Waals surface area contributed by atoms with Gasteiger partial charge in [-0.05, 0) is 31.0 Å². The predicted octanol–water partition coefficient (Wildman–Crippen LogP) is 2.57. The van der Waals surface area contributed by atoms with Gasteiger partial charge in [-0.2, -0.15) is 0 Å². The Bertz CT molecular complexity index is 440. The smallest absolute Gasteiger partial charge is 0.191 e. The fraction of sp³-hybridized carbons (Fsp3) is 0.500. The summed E-state index contributed by atoms with van der Waals surface area (Å²) in [7, 11) is 1.68. The fourth-order valence-electron chi connectivity index (χ4n) is 1.57. The molecule has 0 heterocycles. The van der Waals surface area contributed by atoms with Crippen molar-refractivity contribution in [3.8, 4) is 0 Å². The van der Waals surface area contributed by atoms with Crippen molar-refractivity contribution in [1.82, 2.24) is 10.6 Å². The molecule has 1 aromatic carbocycles. The summed E-state index contributed by atoms with van der Waals surface area (Å²) in [6.07, 6.45) is 0.906. The van der Waals surface area contributed by atoms with Crippen LogP contribution in [0.15, 0.2) is 23.2 Å². The second-order valence-electron chi connectivity index (χ2n) is 4.22. The molecular weight excluding hydrogens is 281 g/mol. The maximum absolute atomic E-state index is 13.1. The lowest BCUT2D eigenvalue weighted by molar-refractivity contribution is 0.195. The number of halogens is 2. The molecule has 0 fully saturated rings. The molecule has 20 heavy (non-hydrogen) atoms. The molecule has 4 nitrogen and oxygen atoms in total. The van der Waals surface area contributed by atoms with Crippen LogP contribution in [0.25, 0.3) is 0 Å². The minimum Gasteiger partial charge on any atom is -0.385 e. The van der Waals surface area contributed by atoms with E-state index in [4.69, 9.17) is 16.3 Å². The molecule has 0 radical (unpaired) electrons. The number of methoxy groups -OCH3 is 1. The van der Waals surface area contributed by atoms with Crippen LogP contribution in [0.5, 0.6) is 0 Å². The molecule has 0 unspecified atom stereocenters. The van der Waals surface area contributed by atoms with Crippen molar-refractivity contribution in [3.63, 3.8) is 0 Å². The Morgan fingerprint density at radius 1 is 1.40 bits per heavy atom. The highest BCUT2D eigenvalue weighted by atomic mass is 35.5. The highest BCUT2D eigenvalue weighted by molar-refractivity contribution is 6.30. The molecule has 0 amide bonds. The average molecular weight is 302 g/mol. The zero-order chi connectivity index (χ0) is 14.8. The highest BCUT2D eigenvalue weighted by Gasteiger charge is 2.01. The Kier molecular flexibility index (Phi) is 7.99. The number of benzene rings is 1. The molecule has 0 saturated heterocycles. The third-order valence-electron chi connectivity index (χ3n) is 2.57. The predicted molar refractivity (Wildman–Crippen MR) is 80.7 cm³/mol. The van der Waals surface area contributed by atoms with Gasteiger partial charge in [0.05, 0.1) is 11.6 Å². The Hall–Kier alpha value is -1.33. The van der Waals surface area contributed by atoms with Crippen molar-refractivity contribution in [3.05, 3.63) is 34.6 Å². The fourth-order valence-corrected chi connectivity index (χ4v) is 1.78. The Balaban J connectivity index is 2.54. The number of rotatable bonds is 7. The largest absolute Gasteiger partial charge is 0.385 e. The second-order valence-corrected chi connectivity index (χ2v) is 4.62. The summed E-state index contributed by atoms with van der Waals surface area (Å²) in [4.78, 5) is 4.42. The first-order chi connectivity index (χ1) is 9.67. The van der Waals surface area contributed by atoms with Crippen LogP contribution in [0.3, 0.4) is 0 Å². The number of nitrogens with one attached hydrogen (secondary N) is 2. The van der Waals surface area contributed by atoms with Gasteiger partial charge in [0, 0.05) is 26.8 Å². The lowest BCUT2D eigenvalue weighted by Crippen LogP contribution is -2.38. The second kappa shape index (κ2) is 9.55. The van der Waals surface area contributed by atoms with Crippen molar-refractivity contribution in [2.45, 2.75) is 19.9 Å². The molecule has 6 heteroatoms. The van der Waals surface area contributed by atoms with E-state index in [0.717, 1.165) is 31.0 Å². The number of hydrogen-bond donors (Lipinski definition) is 2. The topological polar surface area (TPSA) is 45.7 Å². The van der Waals surface area contributed by atoms with Gasteiger partial charge in [0.1, 0.15) is 5.82 Å². The molecule has 0 aliphatic heterocycles. The quantitative estimate of drug-likeness (QED) is 0.462. The zero-order valence-electron chi connectivity index (χ0n) is 11.9. The molecule has 112 valence electrons. The van der Waals surface area contributed by atoms with Gasteiger partial charge in [-0.3, -0.25) is 0 Å². The number of ether oxygens (including phenoxy) is 1. The van der Waals surface area contributed by atoms with E-state index in [9.17, 15) is 4.39 Å². The van der Waals surface area contributed by atoms with Crippen LogP contribution in [0.1, 0.15) is 18.9 Å². The highest BCUT2D eigenvalue weighted by Crippen LogP contribution is 2.16. The van der Waals surface area contributed by atoms with E-state index in [0.29, 0.717) is 13.2 Å². The Morgan fingerprint density at radius 3 is 2.85 bits per heavy atom. The molecule has 0 aromatic heterocycles. The molecule has 0 aliphatic rings. The summed E-state index contributed by atoms with van der Waals surface area (Å²) < 4.78 is 18.0. The zero-order valence-corrected chi connectivity index (χ0v) is 12.6. The number of guanidine groups is 1. The lowest BCUT2D eigenvalue weighted by Gasteiger charge is -2.11. The molecule has 2 N–H and O–H groups in total. The molecule has 1 aromatic rings. The number of hydrogen-bond acceptors (Lipinski definition) is 2. The summed E-state index contributed by atoms with van der Waals surface area (Å²) in [5.74, 6) is 0.313.